The fourth-order valence-electron chi connectivity index (χ4n) is 1.53. The summed E-state index contributed by atoms with van der Waals surface area (Å²) < 4.78 is 36.8. The van der Waals surface area contributed by atoms with Crippen molar-refractivity contribution in [3.8, 4) is 11.4 Å². The van der Waals surface area contributed by atoms with Crippen molar-refractivity contribution < 1.29 is 13.2 Å². The van der Waals surface area contributed by atoms with Gasteiger partial charge in [0.2, 0.25) is 5.82 Å². The average molecular weight is 289 g/mol. The normalized spacial score (nSPS) is 11.7. The van der Waals surface area contributed by atoms with Gasteiger partial charge in [-0.2, -0.15) is 13.2 Å². The van der Waals surface area contributed by atoms with Gasteiger partial charge in [-0.25, -0.2) is 0 Å². The van der Waals surface area contributed by atoms with Crippen molar-refractivity contribution in [1.29, 1.82) is 0 Å². The van der Waals surface area contributed by atoms with Gasteiger partial charge < -0.3 is 0 Å². The summed E-state index contributed by atoms with van der Waals surface area (Å²) in [6, 6.07) is 3.34. The molecule has 4 nitrogen and oxygen atoms in total. The van der Waals surface area contributed by atoms with E-state index >= 15 is 0 Å². The third-order valence-corrected chi connectivity index (χ3v) is 3.02. The van der Waals surface area contributed by atoms with Gasteiger partial charge in [0.05, 0.1) is 0 Å². The summed E-state index contributed by atoms with van der Waals surface area (Å²) in [5, 5.41) is 13.5. The predicted molar refractivity (Wildman–Crippen MR) is 62.5 cm³/mol. The number of rotatable bonds is 1. The Hall–Kier alpha value is -1.76. The zero-order valence-electron chi connectivity index (χ0n) is 9.96. The van der Waals surface area contributed by atoms with Gasteiger partial charge >= 0.3 is 6.18 Å². The van der Waals surface area contributed by atoms with Crippen molar-refractivity contribution in [2.45, 2.75) is 20.0 Å². The summed E-state index contributed by atoms with van der Waals surface area (Å²) in [5.41, 5.74) is 2.08. The van der Waals surface area contributed by atoms with Crippen LogP contribution >= 0.6 is 11.6 Å². The maximum Gasteiger partial charge on any atom is 0.455 e. The van der Waals surface area contributed by atoms with E-state index in [0.717, 1.165) is 11.1 Å². The molecule has 0 saturated heterocycles. The Bertz CT molecular complexity index is 587. The summed E-state index contributed by atoms with van der Waals surface area (Å²) in [7, 11) is 0. The summed E-state index contributed by atoms with van der Waals surface area (Å²) in [4.78, 5) is 0. The SMILES string of the molecule is Cc1cc(-c2nnc(C(F)(F)F)nn2)cc(C)c1Cl. The maximum atomic E-state index is 12.3. The minimum atomic E-state index is -4.65. The van der Waals surface area contributed by atoms with Crippen molar-refractivity contribution in [3.63, 3.8) is 0 Å². The first kappa shape index (κ1) is 13.7. The molecule has 0 fully saturated rings. The number of aromatic nitrogens is 4. The quantitative estimate of drug-likeness (QED) is 0.808. The summed E-state index contributed by atoms with van der Waals surface area (Å²) in [6.45, 7) is 3.56. The lowest BCUT2D eigenvalue weighted by molar-refractivity contribution is -0.146. The number of halogens is 4. The first-order valence-corrected chi connectivity index (χ1v) is 5.58. The fraction of sp³-hybridized carbons (Fsp3) is 0.273. The molecule has 8 heteroatoms. The lowest BCUT2D eigenvalue weighted by atomic mass is 10.1. The van der Waals surface area contributed by atoms with Crippen LogP contribution in [0.4, 0.5) is 13.2 Å². The predicted octanol–water partition coefficient (Wildman–Crippen LogP) is 3.22. The third-order valence-electron chi connectivity index (χ3n) is 2.43. The standard InChI is InChI=1S/C11H8ClF3N4/c1-5-3-7(4-6(2)8(5)12)9-16-18-10(19-17-9)11(13,14)15/h3-4H,1-2H3. The lowest BCUT2D eigenvalue weighted by Gasteiger charge is -2.06. The van der Waals surface area contributed by atoms with E-state index in [1.165, 1.54) is 0 Å². The van der Waals surface area contributed by atoms with Crippen LogP contribution in [-0.2, 0) is 6.18 Å². The van der Waals surface area contributed by atoms with E-state index in [9.17, 15) is 13.2 Å². The molecule has 0 atom stereocenters. The Morgan fingerprint density at radius 3 is 1.84 bits per heavy atom. The second kappa shape index (κ2) is 4.73. The molecule has 0 spiro atoms. The maximum absolute atomic E-state index is 12.3. The van der Waals surface area contributed by atoms with E-state index in [4.69, 9.17) is 11.6 Å². The zero-order valence-corrected chi connectivity index (χ0v) is 10.7. The number of aryl methyl sites for hydroxylation is 2. The summed E-state index contributed by atoms with van der Waals surface area (Å²) in [5.74, 6) is -1.34. The molecule has 0 aliphatic carbocycles. The lowest BCUT2D eigenvalue weighted by Crippen LogP contribution is -2.14. The van der Waals surface area contributed by atoms with Gasteiger partial charge in [-0.1, -0.05) is 11.6 Å². The number of hydrogen-bond donors (Lipinski definition) is 0. The van der Waals surface area contributed by atoms with Gasteiger partial charge in [0.1, 0.15) is 0 Å². The second-order valence-electron chi connectivity index (χ2n) is 3.97. The van der Waals surface area contributed by atoms with Crippen molar-refractivity contribution in [2.75, 3.05) is 0 Å². The van der Waals surface area contributed by atoms with Crippen LogP contribution < -0.4 is 0 Å². The minimum Gasteiger partial charge on any atom is -0.163 e. The monoisotopic (exact) mass is 288 g/mol. The van der Waals surface area contributed by atoms with E-state index in [2.05, 4.69) is 20.4 Å². The molecule has 0 bridgehead atoms. The fourth-order valence-corrected chi connectivity index (χ4v) is 1.64. The molecule has 0 radical (unpaired) electrons. The van der Waals surface area contributed by atoms with E-state index in [1.54, 1.807) is 26.0 Å². The van der Waals surface area contributed by atoms with Crippen molar-refractivity contribution in [2.24, 2.45) is 0 Å². The number of benzene rings is 1. The second-order valence-corrected chi connectivity index (χ2v) is 4.35. The minimum absolute atomic E-state index is 0.0240. The van der Waals surface area contributed by atoms with Crippen molar-refractivity contribution >= 4 is 11.6 Å². The molecule has 1 aromatic heterocycles. The third kappa shape index (κ3) is 2.81. The van der Waals surface area contributed by atoms with Crippen LogP contribution in [0, 0.1) is 13.8 Å². The van der Waals surface area contributed by atoms with Gasteiger partial charge in [-0.3, -0.25) is 0 Å². The van der Waals surface area contributed by atoms with Crippen LogP contribution in [0.2, 0.25) is 5.02 Å². The van der Waals surface area contributed by atoms with Crippen LogP contribution in [0.25, 0.3) is 11.4 Å². The summed E-state index contributed by atoms with van der Waals surface area (Å²) >= 11 is 6.00. The molecule has 1 heterocycles. The van der Waals surface area contributed by atoms with Crippen LogP contribution in [-0.4, -0.2) is 20.4 Å². The van der Waals surface area contributed by atoms with E-state index in [-0.39, 0.29) is 5.82 Å². The topological polar surface area (TPSA) is 51.6 Å². The Kier molecular flexibility index (Phi) is 3.40. The molecule has 2 aromatic rings. The highest BCUT2D eigenvalue weighted by Crippen LogP contribution is 2.27. The van der Waals surface area contributed by atoms with Crippen LogP contribution in [0.1, 0.15) is 17.0 Å². The Balaban J connectivity index is 2.43. The molecule has 0 saturated carbocycles. The van der Waals surface area contributed by atoms with Gasteiger partial charge in [-0.15, -0.1) is 20.4 Å². The molecule has 0 unspecified atom stereocenters. The highest BCUT2D eigenvalue weighted by molar-refractivity contribution is 6.32. The Morgan fingerprint density at radius 2 is 1.42 bits per heavy atom. The summed E-state index contributed by atoms with van der Waals surface area (Å²) in [6.07, 6.45) is -4.65. The highest BCUT2D eigenvalue weighted by Gasteiger charge is 2.36. The Labute approximate surface area is 111 Å². The molecule has 0 aliphatic heterocycles. The number of hydrogen-bond acceptors (Lipinski definition) is 4. The van der Waals surface area contributed by atoms with Gasteiger partial charge in [0.25, 0.3) is 5.82 Å². The van der Waals surface area contributed by atoms with Gasteiger partial charge in [-0.05, 0) is 37.1 Å². The molecule has 0 N–H and O–H groups in total. The molecule has 1 aromatic carbocycles. The van der Waals surface area contributed by atoms with Crippen molar-refractivity contribution in [3.05, 3.63) is 34.1 Å². The smallest absolute Gasteiger partial charge is 0.163 e. The Morgan fingerprint density at radius 1 is 0.947 bits per heavy atom. The van der Waals surface area contributed by atoms with Gasteiger partial charge in [0.15, 0.2) is 0 Å². The first-order valence-electron chi connectivity index (χ1n) is 5.21. The van der Waals surface area contributed by atoms with E-state index < -0.39 is 12.0 Å². The van der Waals surface area contributed by atoms with Crippen LogP contribution in [0.3, 0.4) is 0 Å². The average Bonchev–Trinajstić information content (AvgIpc) is 2.34. The van der Waals surface area contributed by atoms with E-state index in [1.807, 2.05) is 0 Å². The largest absolute Gasteiger partial charge is 0.455 e. The molecule has 0 amide bonds. The number of nitrogens with zero attached hydrogens (tertiary/aromatic N) is 4. The van der Waals surface area contributed by atoms with Crippen molar-refractivity contribution in [1.82, 2.24) is 20.4 Å². The molecule has 19 heavy (non-hydrogen) atoms. The van der Waals surface area contributed by atoms with E-state index in [0.29, 0.717) is 10.6 Å². The van der Waals surface area contributed by atoms with Crippen LogP contribution in [0.15, 0.2) is 12.1 Å². The highest BCUT2D eigenvalue weighted by atomic mass is 35.5. The number of alkyl halides is 3. The van der Waals surface area contributed by atoms with Crippen LogP contribution in [0.5, 0.6) is 0 Å². The molecule has 0 aliphatic rings. The first-order chi connectivity index (χ1) is 8.79. The van der Waals surface area contributed by atoms with Gasteiger partial charge in [0, 0.05) is 10.6 Å². The molecule has 100 valence electrons. The molecular formula is C11H8ClF3N4. The molecule has 2 rings (SSSR count). The molecular weight excluding hydrogens is 281 g/mol. The zero-order chi connectivity index (χ0) is 14.2.